The van der Waals surface area contributed by atoms with Gasteiger partial charge in [-0.3, -0.25) is 9.78 Å². The van der Waals surface area contributed by atoms with Crippen molar-refractivity contribution in [2.45, 2.75) is 32.3 Å². The molecule has 2 heterocycles. The molecule has 0 saturated carbocycles. The van der Waals surface area contributed by atoms with E-state index < -0.39 is 12.4 Å². The summed E-state index contributed by atoms with van der Waals surface area (Å²) in [6, 6.07) is 8.95. The Morgan fingerprint density at radius 3 is 2.62 bits per heavy atom. The summed E-state index contributed by atoms with van der Waals surface area (Å²) >= 11 is 1.19. The van der Waals surface area contributed by atoms with Gasteiger partial charge in [0.25, 0.3) is 0 Å². The molecule has 2 aromatic heterocycles. The quantitative estimate of drug-likeness (QED) is 0.542. The predicted octanol–water partition coefficient (Wildman–Crippen LogP) is 3.98. The third-order valence-corrected chi connectivity index (χ3v) is 5.32. The number of aromatic nitrogens is 3. The molecule has 0 aliphatic heterocycles. The highest BCUT2D eigenvalue weighted by atomic mass is 32.1. The van der Waals surface area contributed by atoms with E-state index in [9.17, 15) is 18.0 Å². The third kappa shape index (κ3) is 6.99. The Bertz CT molecular complexity index is 1050. The Morgan fingerprint density at radius 1 is 1.22 bits per heavy atom. The van der Waals surface area contributed by atoms with E-state index in [0.29, 0.717) is 28.5 Å². The highest BCUT2D eigenvalue weighted by molar-refractivity contribution is 7.14. The van der Waals surface area contributed by atoms with Gasteiger partial charge in [-0.15, -0.1) is 23.4 Å². The van der Waals surface area contributed by atoms with Crippen LogP contribution in [0.4, 0.5) is 13.2 Å². The van der Waals surface area contributed by atoms with E-state index >= 15 is 0 Å². The van der Waals surface area contributed by atoms with E-state index in [1.54, 1.807) is 12.3 Å². The molecular weight excluding hydrogens is 443 g/mol. The Morgan fingerprint density at radius 2 is 2.00 bits per heavy atom. The molecule has 0 spiro atoms. The van der Waals surface area contributed by atoms with Gasteiger partial charge in [0.1, 0.15) is 15.8 Å². The van der Waals surface area contributed by atoms with Crippen LogP contribution in [0, 0.1) is 0 Å². The van der Waals surface area contributed by atoms with Gasteiger partial charge < -0.3 is 15.0 Å². The minimum Gasteiger partial charge on any atom is -0.406 e. The summed E-state index contributed by atoms with van der Waals surface area (Å²) in [5.74, 6) is -0.571. The number of rotatable bonds is 8. The average Bonchev–Trinajstić information content (AvgIpc) is 3.17. The molecule has 1 N–H and O–H groups in total. The number of amides is 1. The van der Waals surface area contributed by atoms with E-state index in [2.05, 4.69) is 25.2 Å². The van der Waals surface area contributed by atoms with Crippen LogP contribution in [0.15, 0.2) is 42.6 Å². The summed E-state index contributed by atoms with van der Waals surface area (Å²) in [5.41, 5.74) is 2.27. The van der Waals surface area contributed by atoms with Crippen molar-refractivity contribution in [1.82, 2.24) is 25.4 Å². The fourth-order valence-electron chi connectivity index (χ4n) is 2.99. The Balaban J connectivity index is 1.80. The molecule has 0 fully saturated rings. The van der Waals surface area contributed by atoms with Crippen molar-refractivity contribution in [3.05, 3.63) is 58.9 Å². The molecule has 32 heavy (non-hydrogen) atoms. The van der Waals surface area contributed by atoms with Crippen LogP contribution in [0.5, 0.6) is 5.75 Å². The molecule has 1 atom stereocenters. The van der Waals surface area contributed by atoms with Crippen molar-refractivity contribution in [2.24, 2.45) is 0 Å². The molecule has 170 valence electrons. The molecule has 1 unspecified atom stereocenters. The van der Waals surface area contributed by atoms with Crippen molar-refractivity contribution >= 4 is 17.2 Å². The number of nitrogens with zero attached hydrogens (tertiary/aromatic N) is 4. The molecule has 1 aromatic carbocycles. The number of halogens is 3. The second-order valence-electron chi connectivity index (χ2n) is 7.37. The summed E-state index contributed by atoms with van der Waals surface area (Å²) in [6.07, 6.45) is -2.58. The number of nitrogens with one attached hydrogen (secondary N) is 1. The lowest BCUT2D eigenvalue weighted by atomic mass is 10.1. The first kappa shape index (κ1) is 23.6. The van der Waals surface area contributed by atoms with E-state index in [-0.39, 0.29) is 11.7 Å². The third-order valence-electron chi connectivity index (χ3n) is 4.23. The van der Waals surface area contributed by atoms with Gasteiger partial charge in [-0.25, -0.2) is 0 Å². The predicted molar refractivity (Wildman–Crippen MR) is 114 cm³/mol. The van der Waals surface area contributed by atoms with E-state index in [0.717, 1.165) is 11.3 Å². The Kier molecular flexibility index (Phi) is 7.41. The smallest absolute Gasteiger partial charge is 0.406 e. The fourth-order valence-corrected chi connectivity index (χ4v) is 3.88. The van der Waals surface area contributed by atoms with Crippen molar-refractivity contribution in [3.63, 3.8) is 0 Å². The fraction of sp³-hybridized carbons (Fsp3) is 0.333. The number of carbonyl (C=O) groups is 1. The molecule has 11 heteroatoms. The number of alkyl halides is 3. The van der Waals surface area contributed by atoms with Crippen molar-refractivity contribution in [1.29, 1.82) is 0 Å². The van der Waals surface area contributed by atoms with Crippen molar-refractivity contribution in [3.8, 4) is 16.3 Å². The lowest BCUT2D eigenvalue weighted by Crippen LogP contribution is -2.27. The lowest BCUT2D eigenvalue weighted by Gasteiger charge is -2.15. The van der Waals surface area contributed by atoms with Gasteiger partial charge >= 0.3 is 6.36 Å². The van der Waals surface area contributed by atoms with Gasteiger partial charge in [0, 0.05) is 31.6 Å². The average molecular weight is 466 g/mol. The van der Waals surface area contributed by atoms with Crippen LogP contribution in [0.25, 0.3) is 10.6 Å². The summed E-state index contributed by atoms with van der Waals surface area (Å²) < 4.78 is 41.5. The topological polar surface area (TPSA) is 80.2 Å². The highest BCUT2D eigenvalue weighted by Crippen LogP contribution is 2.32. The molecule has 0 aliphatic rings. The molecule has 1 amide bonds. The van der Waals surface area contributed by atoms with Crippen LogP contribution in [-0.2, 0) is 17.8 Å². The maximum absolute atomic E-state index is 12.5. The zero-order valence-corrected chi connectivity index (χ0v) is 18.5. The zero-order valence-electron chi connectivity index (χ0n) is 17.7. The second-order valence-corrected chi connectivity index (χ2v) is 8.38. The molecule has 0 aliphatic carbocycles. The van der Waals surface area contributed by atoms with Crippen LogP contribution < -0.4 is 10.1 Å². The van der Waals surface area contributed by atoms with Gasteiger partial charge in [0.2, 0.25) is 5.91 Å². The maximum atomic E-state index is 12.5. The van der Waals surface area contributed by atoms with Crippen LogP contribution in [0.2, 0.25) is 0 Å². The summed E-state index contributed by atoms with van der Waals surface area (Å²) in [7, 11) is 3.92. The normalized spacial score (nSPS) is 12.6. The van der Waals surface area contributed by atoms with Crippen LogP contribution in [-0.4, -0.2) is 46.4 Å². The van der Waals surface area contributed by atoms with Gasteiger partial charge in [0.05, 0.1) is 11.7 Å². The molecule has 0 bridgehead atoms. The summed E-state index contributed by atoms with van der Waals surface area (Å²) in [6.45, 7) is 2.12. The number of hydrogen-bond donors (Lipinski definition) is 1. The maximum Gasteiger partial charge on any atom is 0.573 e. The van der Waals surface area contributed by atoms with E-state index in [1.165, 1.54) is 36.5 Å². The molecule has 3 rings (SSSR count). The summed E-state index contributed by atoms with van der Waals surface area (Å²) in [4.78, 5) is 18.2. The van der Waals surface area contributed by atoms with Crippen LogP contribution >= 0.6 is 11.3 Å². The van der Waals surface area contributed by atoms with Crippen LogP contribution in [0.1, 0.15) is 29.2 Å². The largest absolute Gasteiger partial charge is 0.573 e. The van der Waals surface area contributed by atoms with Gasteiger partial charge in [-0.2, -0.15) is 0 Å². The monoisotopic (exact) mass is 465 g/mol. The first-order valence-corrected chi connectivity index (χ1v) is 10.5. The first-order valence-electron chi connectivity index (χ1n) is 9.64. The first-order chi connectivity index (χ1) is 15.1. The second kappa shape index (κ2) is 10.0. The molecule has 0 radical (unpaired) electrons. The van der Waals surface area contributed by atoms with Crippen molar-refractivity contribution < 1.29 is 22.7 Å². The molecular formula is C21H22F3N5O2S. The lowest BCUT2D eigenvalue weighted by molar-refractivity contribution is -0.274. The molecule has 7 nitrogen and oxygen atoms in total. The summed E-state index contributed by atoms with van der Waals surface area (Å²) in [5, 5.41) is 12.1. The van der Waals surface area contributed by atoms with Crippen molar-refractivity contribution in [2.75, 3.05) is 14.1 Å². The number of benzene rings is 1. The molecule has 0 saturated heterocycles. The molecule has 3 aromatic rings. The Hall–Kier alpha value is -3.05. The van der Waals surface area contributed by atoms with E-state index in [4.69, 9.17) is 0 Å². The SMILES string of the molecule is CC(=O)NC(Cc1ccc(CN(C)C)nc1)c1nnc(-c2cccc(OC(F)(F)F)c2)s1. The van der Waals surface area contributed by atoms with Gasteiger partial charge in [-0.05, 0) is 37.9 Å². The minimum atomic E-state index is -4.78. The van der Waals surface area contributed by atoms with Crippen LogP contribution in [0.3, 0.4) is 0 Å². The number of ether oxygens (including phenoxy) is 1. The van der Waals surface area contributed by atoms with Gasteiger partial charge in [-0.1, -0.05) is 29.5 Å². The van der Waals surface area contributed by atoms with Gasteiger partial charge in [0.15, 0.2) is 0 Å². The van der Waals surface area contributed by atoms with E-state index in [1.807, 2.05) is 31.1 Å². The Labute approximate surface area is 187 Å². The zero-order chi connectivity index (χ0) is 23.3. The highest BCUT2D eigenvalue weighted by Gasteiger charge is 2.31. The standard InChI is InChI=1S/C21H22F3N5O2S/c1-13(30)26-18(9-14-7-8-16(25-11-14)12-29(2)3)20-28-27-19(32-20)15-5-4-6-17(10-15)31-21(22,23)24/h4-8,10-11,18H,9,12H2,1-3H3,(H,26,30). The number of pyridine rings is 1. The number of hydrogen-bond acceptors (Lipinski definition) is 7. The number of carbonyl (C=O) groups excluding carboxylic acids is 1. The minimum absolute atomic E-state index is 0.232.